The first-order valence-electron chi connectivity index (χ1n) is 20.8. The standard InChI is InChI=1S/C58H39N3/c1-5-16-39(17-6-1)42-30-32-43(33-31-42)50-26-14-28-52-53-29-15-27-51(55(53)38-54(50)52)48-35-47(41-20-9-3-10-21-41)36-49(37-48)58-60-56(44-22-11-4-12-23-44)59-57(61-58)46-25-13-24-45(34-46)40-18-7-2-8-19-40/h1-37H,38H2. The minimum Gasteiger partial charge on any atom is -0.208 e. The Labute approximate surface area is 356 Å². The van der Waals surface area contributed by atoms with Crippen molar-refractivity contribution in [3.05, 3.63) is 236 Å². The van der Waals surface area contributed by atoms with E-state index in [2.05, 4.69) is 200 Å². The monoisotopic (exact) mass is 777 g/mol. The summed E-state index contributed by atoms with van der Waals surface area (Å²) < 4.78 is 0. The molecule has 61 heavy (non-hydrogen) atoms. The fraction of sp³-hybridized carbons (Fsp3) is 0.0172. The second-order valence-corrected chi connectivity index (χ2v) is 15.6. The number of hydrogen-bond acceptors (Lipinski definition) is 3. The van der Waals surface area contributed by atoms with Crippen LogP contribution in [0.1, 0.15) is 11.1 Å². The summed E-state index contributed by atoms with van der Waals surface area (Å²) in [5.74, 6) is 1.90. The maximum Gasteiger partial charge on any atom is 0.164 e. The first kappa shape index (κ1) is 36.1. The predicted octanol–water partition coefficient (Wildman–Crippen LogP) is 14.8. The highest BCUT2D eigenvalue weighted by Crippen LogP contribution is 2.46. The van der Waals surface area contributed by atoms with E-state index in [1.807, 2.05) is 24.3 Å². The van der Waals surface area contributed by atoms with Gasteiger partial charge in [0.2, 0.25) is 0 Å². The molecule has 0 aliphatic heterocycles. The molecule has 1 aliphatic carbocycles. The van der Waals surface area contributed by atoms with E-state index in [1.165, 1.54) is 50.1 Å². The summed E-state index contributed by atoms with van der Waals surface area (Å²) in [5.41, 5.74) is 19.9. The van der Waals surface area contributed by atoms with E-state index in [0.717, 1.165) is 50.9 Å². The van der Waals surface area contributed by atoms with Gasteiger partial charge in [-0.3, -0.25) is 0 Å². The second-order valence-electron chi connectivity index (χ2n) is 15.6. The lowest BCUT2D eigenvalue weighted by atomic mass is 9.91. The number of hydrogen-bond donors (Lipinski definition) is 0. The molecule has 3 heteroatoms. The summed E-state index contributed by atoms with van der Waals surface area (Å²) in [6.45, 7) is 0. The summed E-state index contributed by atoms with van der Waals surface area (Å²) in [4.78, 5) is 15.6. The van der Waals surface area contributed by atoms with Gasteiger partial charge in [-0.1, -0.05) is 200 Å². The van der Waals surface area contributed by atoms with Crippen LogP contribution in [0.5, 0.6) is 0 Å². The molecule has 286 valence electrons. The molecule has 1 heterocycles. The number of aromatic nitrogens is 3. The van der Waals surface area contributed by atoms with Crippen LogP contribution in [0, 0.1) is 0 Å². The molecular weight excluding hydrogens is 739 g/mol. The first-order chi connectivity index (χ1) is 30.2. The Morgan fingerprint density at radius 1 is 0.213 bits per heavy atom. The lowest BCUT2D eigenvalue weighted by molar-refractivity contribution is 1.07. The van der Waals surface area contributed by atoms with Crippen molar-refractivity contribution in [3.63, 3.8) is 0 Å². The molecule has 0 saturated carbocycles. The first-order valence-corrected chi connectivity index (χ1v) is 20.8. The van der Waals surface area contributed by atoms with Gasteiger partial charge < -0.3 is 0 Å². The minimum absolute atomic E-state index is 0.630. The van der Waals surface area contributed by atoms with Crippen LogP contribution in [0.25, 0.3) is 101 Å². The van der Waals surface area contributed by atoms with Gasteiger partial charge in [-0.2, -0.15) is 0 Å². The van der Waals surface area contributed by atoms with Crippen LogP contribution >= 0.6 is 0 Å². The van der Waals surface area contributed by atoms with Gasteiger partial charge in [-0.05, 0) is 109 Å². The van der Waals surface area contributed by atoms with E-state index in [1.54, 1.807) is 0 Å². The molecule has 0 N–H and O–H groups in total. The molecule has 0 saturated heterocycles. The van der Waals surface area contributed by atoms with E-state index in [-0.39, 0.29) is 0 Å². The second kappa shape index (κ2) is 15.6. The lowest BCUT2D eigenvalue weighted by Crippen LogP contribution is -2.01. The fourth-order valence-electron chi connectivity index (χ4n) is 8.78. The van der Waals surface area contributed by atoms with Gasteiger partial charge >= 0.3 is 0 Å². The van der Waals surface area contributed by atoms with Crippen LogP contribution in [0.4, 0.5) is 0 Å². The summed E-state index contributed by atoms with van der Waals surface area (Å²) in [7, 11) is 0. The number of benzene rings is 9. The van der Waals surface area contributed by atoms with E-state index in [4.69, 9.17) is 15.0 Å². The topological polar surface area (TPSA) is 38.7 Å². The quantitative estimate of drug-likeness (QED) is 0.154. The molecule has 0 amide bonds. The van der Waals surface area contributed by atoms with Crippen LogP contribution in [0.15, 0.2) is 224 Å². The number of rotatable bonds is 8. The maximum absolute atomic E-state index is 5.26. The Morgan fingerprint density at radius 3 is 1.15 bits per heavy atom. The van der Waals surface area contributed by atoms with Crippen LogP contribution < -0.4 is 0 Å². The van der Waals surface area contributed by atoms with Crippen LogP contribution in [-0.2, 0) is 6.42 Å². The highest BCUT2D eigenvalue weighted by atomic mass is 15.0. The minimum atomic E-state index is 0.630. The number of fused-ring (bicyclic) bond motifs is 3. The molecule has 0 bridgehead atoms. The molecule has 3 nitrogen and oxygen atoms in total. The summed E-state index contributed by atoms with van der Waals surface area (Å²) in [6.07, 6.45) is 0.841. The molecule has 1 aromatic heterocycles. The largest absolute Gasteiger partial charge is 0.208 e. The van der Waals surface area contributed by atoms with Crippen molar-refractivity contribution in [2.45, 2.75) is 6.42 Å². The third-order valence-electron chi connectivity index (χ3n) is 11.8. The molecule has 10 aromatic rings. The van der Waals surface area contributed by atoms with Gasteiger partial charge in [0.05, 0.1) is 0 Å². The smallest absolute Gasteiger partial charge is 0.164 e. The average molecular weight is 778 g/mol. The molecule has 9 aromatic carbocycles. The third kappa shape index (κ3) is 7.03. The highest BCUT2D eigenvalue weighted by molar-refractivity contribution is 5.91. The Kier molecular flexibility index (Phi) is 9.25. The van der Waals surface area contributed by atoms with Gasteiger partial charge in [-0.25, -0.2) is 15.0 Å². The van der Waals surface area contributed by atoms with Gasteiger partial charge in [0.25, 0.3) is 0 Å². The average Bonchev–Trinajstić information content (AvgIpc) is 3.74. The van der Waals surface area contributed by atoms with E-state index in [0.29, 0.717) is 17.5 Å². The zero-order chi connectivity index (χ0) is 40.5. The molecule has 0 unspecified atom stereocenters. The Morgan fingerprint density at radius 2 is 0.557 bits per heavy atom. The van der Waals surface area contributed by atoms with Crippen molar-refractivity contribution in [2.75, 3.05) is 0 Å². The van der Waals surface area contributed by atoms with E-state index in [9.17, 15) is 0 Å². The van der Waals surface area contributed by atoms with Gasteiger partial charge in [-0.15, -0.1) is 0 Å². The molecule has 0 spiro atoms. The predicted molar refractivity (Wildman–Crippen MR) is 252 cm³/mol. The summed E-state index contributed by atoms with van der Waals surface area (Å²) in [6, 6.07) is 79.6. The van der Waals surface area contributed by atoms with Crippen molar-refractivity contribution in [1.29, 1.82) is 0 Å². The Hall–Kier alpha value is -8.01. The van der Waals surface area contributed by atoms with Gasteiger partial charge in [0, 0.05) is 16.7 Å². The summed E-state index contributed by atoms with van der Waals surface area (Å²) in [5, 5.41) is 0. The van der Waals surface area contributed by atoms with Crippen LogP contribution in [0.3, 0.4) is 0 Å². The zero-order valence-electron chi connectivity index (χ0n) is 33.4. The van der Waals surface area contributed by atoms with Crippen molar-refractivity contribution in [2.24, 2.45) is 0 Å². The van der Waals surface area contributed by atoms with Gasteiger partial charge in [0.15, 0.2) is 17.5 Å². The molecular formula is C58H39N3. The van der Waals surface area contributed by atoms with E-state index < -0.39 is 0 Å². The van der Waals surface area contributed by atoms with Crippen LogP contribution in [-0.4, -0.2) is 15.0 Å². The van der Waals surface area contributed by atoms with Crippen molar-refractivity contribution >= 4 is 0 Å². The SMILES string of the molecule is c1ccc(-c2ccc(-c3cccc4c3Cc3c(-c5cc(-c6ccccc6)cc(-c6nc(-c7ccccc7)nc(-c7cccc(-c8ccccc8)c7)n6)c5)cccc3-4)cc2)cc1. The molecule has 0 fully saturated rings. The molecule has 0 radical (unpaired) electrons. The normalized spacial score (nSPS) is 11.5. The van der Waals surface area contributed by atoms with Crippen molar-refractivity contribution in [3.8, 4) is 101 Å². The number of nitrogens with zero attached hydrogens (tertiary/aromatic N) is 3. The Bertz CT molecular complexity index is 3180. The molecule has 1 aliphatic rings. The van der Waals surface area contributed by atoms with Crippen molar-refractivity contribution < 1.29 is 0 Å². The zero-order valence-corrected chi connectivity index (χ0v) is 33.4. The van der Waals surface area contributed by atoms with Gasteiger partial charge in [0.1, 0.15) is 0 Å². The molecule has 11 rings (SSSR count). The van der Waals surface area contributed by atoms with Crippen LogP contribution in [0.2, 0.25) is 0 Å². The maximum atomic E-state index is 5.26. The van der Waals surface area contributed by atoms with E-state index >= 15 is 0 Å². The third-order valence-corrected chi connectivity index (χ3v) is 11.8. The molecule has 0 atom stereocenters. The lowest BCUT2D eigenvalue weighted by Gasteiger charge is -2.15. The summed E-state index contributed by atoms with van der Waals surface area (Å²) >= 11 is 0. The Balaban J connectivity index is 1.04. The highest BCUT2D eigenvalue weighted by Gasteiger charge is 2.25. The van der Waals surface area contributed by atoms with Crippen molar-refractivity contribution in [1.82, 2.24) is 15.0 Å². The fourth-order valence-corrected chi connectivity index (χ4v) is 8.78.